The second kappa shape index (κ2) is 12.9. The molecule has 1 aromatic carbocycles. The van der Waals surface area contributed by atoms with Crippen molar-refractivity contribution in [2.24, 2.45) is 4.99 Å². The van der Waals surface area contributed by atoms with Crippen molar-refractivity contribution in [2.75, 3.05) is 46.4 Å². The molecule has 0 bridgehead atoms. The minimum Gasteiger partial charge on any atom is -0.489 e. The summed E-state index contributed by atoms with van der Waals surface area (Å²) in [5.41, 5.74) is 1.13. The van der Waals surface area contributed by atoms with Gasteiger partial charge in [-0.1, -0.05) is 18.2 Å². The molecular formula is C23H35IN4O3. The number of hydrogen-bond acceptors (Lipinski definition) is 5. The molecule has 0 radical (unpaired) electrons. The summed E-state index contributed by atoms with van der Waals surface area (Å²) < 4.78 is 17.5. The van der Waals surface area contributed by atoms with Crippen LogP contribution in [0.5, 0.6) is 5.75 Å². The standard InChI is InChI=1S/C23H34N4O3.HI/c1-17-7-5-6-8-21(17)30-19(3)15-25-23(24-4)26-16-20(22-10-9-18(2)29-22)27-11-13-28-14-12-27;/h5-10,19-20H,11-16H2,1-4H3,(H2,24,25,26);1H. The fourth-order valence-corrected chi connectivity index (χ4v) is 3.53. The van der Waals surface area contributed by atoms with Gasteiger partial charge in [0.25, 0.3) is 0 Å². The van der Waals surface area contributed by atoms with Gasteiger partial charge in [-0.05, 0) is 44.5 Å². The van der Waals surface area contributed by atoms with E-state index in [2.05, 4.69) is 46.5 Å². The average Bonchev–Trinajstić information content (AvgIpc) is 3.19. The Morgan fingerprint density at radius 3 is 2.45 bits per heavy atom. The molecule has 1 saturated heterocycles. The smallest absolute Gasteiger partial charge is 0.191 e. The highest BCUT2D eigenvalue weighted by Crippen LogP contribution is 2.23. The normalized spacial score (nSPS) is 16.8. The van der Waals surface area contributed by atoms with Crippen molar-refractivity contribution in [3.63, 3.8) is 0 Å². The second-order valence-corrected chi connectivity index (χ2v) is 7.64. The van der Waals surface area contributed by atoms with Crippen molar-refractivity contribution in [1.29, 1.82) is 0 Å². The fraction of sp³-hybridized carbons (Fsp3) is 0.522. The Kier molecular flexibility index (Phi) is 10.6. The first-order valence-corrected chi connectivity index (χ1v) is 10.6. The minimum atomic E-state index is 0. The van der Waals surface area contributed by atoms with Crippen LogP contribution in [0.4, 0.5) is 0 Å². The highest BCUT2D eigenvalue weighted by atomic mass is 127. The first-order valence-electron chi connectivity index (χ1n) is 10.6. The van der Waals surface area contributed by atoms with E-state index in [0.29, 0.717) is 13.1 Å². The first kappa shape index (κ1) is 25.5. The Morgan fingerprint density at radius 2 is 1.81 bits per heavy atom. The summed E-state index contributed by atoms with van der Waals surface area (Å²) in [5.74, 6) is 3.55. The average molecular weight is 542 g/mol. The lowest BCUT2D eigenvalue weighted by Crippen LogP contribution is -2.47. The largest absolute Gasteiger partial charge is 0.489 e. The van der Waals surface area contributed by atoms with Crippen molar-refractivity contribution in [3.8, 4) is 5.75 Å². The third-order valence-electron chi connectivity index (χ3n) is 5.24. The molecule has 7 nitrogen and oxygen atoms in total. The van der Waals surface area contributed by atoms with E-state index in [4.69, 9.17) is 13.9 Å². The molecule has 2 heterocycles. The topological polar surface area (TPSA) is 71.3 Å². The maximum atomic E-state index is 6.05. The van der Waals surface area contributed by atoms with Crippen LogP contribution in [-0.2, 0) is 4.74 Å². The van der Waals surface area contributed by atoms with Crippen LogP contribution < -0.4 is 15.4 Å². The summed E-state index contributed by atoms with van der Waals surface area (Å²) >= 11 is 0. The maximum absolute atomic E-state index is 6.05. The molecule has 8 heteroatoms. The minimum absolute atomic E-state index is 0. The highest BCUT2D eigenvalue weighted by Gasteiger charge is 2.25. The summed E-state index contributed by atoms with van der Waals surface area (Å²) in [6.07, 6.45) is 0.00686. The van der Waals surface area contributed by atoms with Crippen molar-refractivity contribution >= 4 is 29.9 Å². The first-order chi connectivity index (χ1) is 14.6. The number of nitrogens with one attached hydrogen (secondary N) is 2. The quantitative estimate of drug-likeness (QED) is 0.302. The van der Waals surface area contributed by atoms with Crippen LogP contribution in [0.1, 0.15) is 30.0 Å². The molecule has 0 saturated carbocycles. The van der Waals surface area contributed by atoms with Crippen molar-refractivity contribution in [3.05, 3.63) is 53.5 Å². The lowest BCUT2D eigenvalue weighted by molar-refractivity contribution is 0.0124. The molecule has 2 N–H and O–H groups in total. The number of ether oxygens (including phenoxy) is 2. The van der Waals surface area contributed by atoms with E-state index in [-0.39, 0.29) is 36.1 Å². The number of furan rings is 1. The lowest BCUT2D eigenvalue weighted by Gasteiger charge is -2.33. The zero-order valence-electron chi connectivity index (χ0n) is 18.9. The Labute approximate surface area is 202 Å². The van der Waals surface area contributed by atoms with Crippen LogP contribution in [0.3, 0.4) is 0 Å². The third kappa shape index (κ3) is 7.69. The van der Waals surface area contributed by atoms with E-state index in [9.17, 15) is 0 Å². The van der Waals surface area contributed by atoms with Crippen LogP contribution in [0.25, 0.3) is 0 Å². The summed E-state index contributed by atoms with van der Waals surface area (Å²) in [6, 6.07) is 12.3. The Morgan fingerprint density at radius 1 is 1.10 bits per heavy atom. The Hall–Kier alpha value is -1.78. The summed E-state index contributed by atoms with van der Waals surface area (Å²) in [7, 11) is 1.78. The molecule has 0 aliphatic carbocycles. The van der Waals surface area contributed by atoms with Gasteiger partial charge in [0.2, 0.25) is 0 Å². The van der Waals surface area contributed by atoms with Gasteiger partial charge < -0.3 is 24.5 Å². The van der Waals surface area contributed by atoms with Gasteiger partial charge in [0.15, 0.2) is 5.96 Å². The SMILES string of the molecule is CN=C(NCC(C)Oc1ccccc1C)NCC(c1ccc(C)o1)N1CCOCC1.I. The van der Waals surface area contributed by atoms with Crippen LogP contribution in [0, 0.1) is 13.8 Å². The summed E-state index contributed by atoms with van der Waals surface area (Å²) in [4.78, 5) is 6.76. The molecule has 1 fully saturated rings. The molecule has 0 amide bonds. The molecule has 1 aliphatic heterocycles. The van der Waals surface area contributed by atoms with Gasteiger partial charge in [0.1, 0.15) is 23.4 Å². The van der Waals surface area contributed by atoms with E-state index in [1.54, 1.807) is 7.05 Å². The molecule has 3 rings (SSSR count). The van der Waals surface area contributed by atoms with Gasteiger partial charge in [-0.2, -0.15) is 0 Å². The van der Waals surface area contributed by atoms with Gasteiger partial charge in [0.05, 0.1) is 25.8 Å². The summed E-state index contributed by atoms with van der Waals surface area (Å²) in [5, 5.41) is 6.81. The van der Waals surface area contributed by atoms with E-state index < -0.39 is 0 Å². The van der Waals surface area contributed by atoms with E-state index >= 15 is 0 Å². The zero-order valence-corrected chi connectivity index (χ0v) is 21.2. The Balaban J connectivity index is 0.00000341. The number of aryl methyl sites for hydroxylation is 2. The number of hydrogen-bond donors (Lipinski definition) is 2. The Bertz CT molecular complexity index is 821. The fourth-order valence-electron chi connectivity index (χ4n) is 3.53. The molecule has 2 unspecified atom stereocenters. The number of guanidine groups is 1. The van der Waals surface area contributed by atoms with E-state index in [1.807, 2.05) is 31.2 Å². The van der Waals surface area contributed by atoms with Gasteiger partial charge in [-0.15, -0.1) is 24.0 Å². The zero-order chi connectivity index (χ0) is 21.3. The van der Waals surface area contributed by atoms with Crippen LogP contribution in [0.15, 0.2) is 45.8 Å². The number of nitrogens with zero attached hydrogens (tertiary/aromatic N) is 2. The van der Waals surface area contributed by atoms with Crippen LogP contribution in [0.2, 0.25) is 0 Å². The molecule has 172 valence electrons. The van der Waals surface area contributed by atoms with Crippen LogP contribution >= 0.6 is 24.0 Å². The monoisotopic (exact) mass is 542 g/mol. The number of aliphatic imine (C=N–C) groups is 1. The summed E-state index contributed by atoms with van der Waals surface area (Å²) in [6.45, 7) is 10.7. The van der Waals surface area contributed by atoms with Gasteiger partial charge in [0, 0.05) is 26.7 Å². The predicted molar refractivity (Wildman–Crippen MR) is 135 cm³/mol. The predicted octanol–water partition coefficient (Wildman–Crippen LogP) is 3.52. The third-order valence-corrected chi connectivity index (χ3v) is 5.24. The molecular weight excluding hydrogens is 507 g/mol. The number of halogens is 1. The molecule has 2 atom stereocenters. The van der Waals surface area contributed by atoms with Gasteiger partial charge in [-0.3, -0.25) is 9.89 Å². The highest BCUT2D eigenvalue weighted by molar-refractivity contribution is 14.0. The molecule has 1 aromatic heterocycles. The number of rotatable bonds is 8. The van der Waals surface area contributed by atoms with Crippen molar-refractivity contribution < 1.29 is 13.9 Å². The number of para-hydroxylation sites is 1. The molecule has 0 spiro atoms. The van der Waals surface area contributed by atoms with Gasteiger partial charge in [-0.25, -0.2) is 0 Å². The number of morpholine rings is 1. The molecule has 2 aromatic rings. The number of benzene rings is 1. The van der Waals surface area contributed by atoms with Crippen molar-refractivity contribution in [2.45, 2.75) is 32.9 Å². The maximum Gasteiger partial charge on any atom is 0.191 e. The van der Waals surface area contributed by atoms with E-state index in [1.165, 1.54) is 0 Å². The van der Waals surface area contributed by atoms with Gasteiger partial charge >= 0.3 is 0 Å². The molecule has 1 aliphatic rings. The lowest BCUT2D eigenvalue weighted by atomic mass is 10.1. The second-order valence-electron chi connectivity index (χ2n) is 7.64. The van der Waals surface area contributed by atoms with Crippen molar-refractivity contribution in [1.82, 2.24) is 15.5 Å². The van der Waals surface area contributed by atoms with E-state index in [0.717, 1.165) is 55.1 Å². The molecule has 31 heavy (non-hydrogen) atoms. The van der Waals surface area contributed by atoms with Crippen LogP contribution in [-0.4, -0.2) is 63.4 Å².